The molecule has 5 heteroatoms. The molecule has 0 radical (unpaired) electrons. The van der Waals surface area contributed by atoms with Crippen molar-refractivity contribution in [3.63, 3.8) is 0 Å². The van der Waals surface area contributed by atoms with E-state index in [9.17, 15) is 0 Å². The Balaban J connectivity index is 1.78. The molecule has 1 aliphatic heterocycles. The zero-order chi connectivity index (χ0) is 9.10. The van der Waals surface area contributed by atoms with E-state index in [0.717, 1.165) is 23.4 Å². The van der Waals surface area contributed by atoms with E-state index < -0.39 is 0 Å². The first kappa shape index (κ1) is 9.27. The van der Waals surface area contributed by atoms with Gasteiger partial charge in [0, 0.05) is 18.1 Å². The third-order valence-corrected chi connectivity index (χ3v) is 4.09. The van der Waals surface area contributed by atoms with E-state index in [1.807, 2.05) is 18.7 Å². The molecule has 1 N–H and O–H groups in total. The van der Waals surface area contributed by atoms with Gasteiger partial charge in [-0.05, 0) is 30.8 Å². The summed E-state index contributed by atoms with van der Waals surface area (Å²) in [6.07, 6.45) is 1.34. The standard InChI is InChI=1S/C8H13N3S2/c1-6-10-8(13-11-6)9-4-7-2-3-12-5-7/h7H,2-5H2,1H3,(H,9,10,11). The third kappa shape index (κ3) is 2.57. The van der Waals surface area contributed by atoms with Crippen LogP contribution in [0.2, 0.25) is 0 Å². The summed E-state index contributed by atoms with van der Waals surface area (Å²) in [6, 6.07) is 0. The SMILES string of the molecule is Cc1nsc(NCC2CCSC2)n1. The highest BCUT2D eigenvalue weighted by Crippen LogP contribution is 2.23. The Morgan fingerprint density at radius 2 is 2.54 bits per heavy atom. The summed E-state index contributed by atoms with van der Waals surface area (Å²) in [7, 11) is 0. The fourth-order valence-corrected chi connectivity index (χ4v) is 3.21. The highest BCUT2D eigenvalue weighted by Gasteiger charge is 2.15. The lowest BCUT2D eigenvalue weighted by molar-refractivity contribution is 0.631. The molecule has 0 spiro atoms. The molecule has 1 aromatic rings. The van der Waals surface area contributed by atoms with Crippen LogP contribution < -0.4 is 5.32 Å². The average Bonchev–Trinajstić information content (AvgIpc) is 2.71. The molecule has 1 saturated heterocycles. The zero-order valence-corrected chi connectivity index (χ0v) is 9.25. The van der Waals surface area contributed by atoms with Gasteiger partial charge >= 0.3 is 0 Å². The first-order valence-corrected chi connectivity index (χ1v) is 6.39. The van der Waals surface area contributed by atoms with Gasteiger partial charge in [0.05, 0.1) is 0 Å². The van der Waals surface area contributed by atoms with Gasteiger partial charge in [0.25, 0.3) is 0 Å². The predicted octanol–water partition coefficient (Wildman–Crippen LogP) is 2.01. The van der Waals surface area contributed by atoms with Gasteiger partial charge in [-0.3, -0.25) is 0 Å². The second kappa shape index (κ2) is 4.28. The van der Waals surface area contributed by atoms with Crippen LogP contribution in [-0.2, 0) is 0 Å². The molecule has 0 bridgehead atoms. The van der Waals surface area contributed by atoms with Crippen LogP contribution in [0.4, 0.5) is 5.13 Å². The number of aryl methyl sites for hydroxylation is 1. The first-order valence-electron chi connectivity index (χ1n) is 4.46. The van der Waals surface area contributed by atoms with Crippen LogP contribution in [0.3, 0.4) is 0 Å². The Hall–Kier alpha value is -0.290. The lowest BCUT2D eigenvalue weighted by Gasteiger charge is -2.07. The summed E-state index contributed by atoms with van der Waals surface area (Å²) >= 11 is 3.50. The maximum Gasteiger partial charge on any atom is 0.202 e. The summed E-state index contributed by atoms with van der Waals surface area (Å²) in [4.78, 5) is 4.26. The van der Waals surface area contributed by atoms with Crippen molar-refractivity contribution in [2.24, 2.45) is 5.92 Å². The smallest absolute Gasteiger partial charge is 0.202 e. The molecule has 1 atom stereocenters. The van der Waals surface area contributed by atoms with Crippen molar-refractivity contribution in [3.8, 4) is 0 Å². The molecule has 72 valence electrons. The van der Waals surface area contributed by atoms with E-state index in [0.29, 0.717) is 0 Å². The van der Waals surface area contributed by atoms with Crippen molar-refractivity contribution in [3.05, 3.63) is 5.82 Å². The van der Waals surface area contributed by atoms with E-state index in [1.165, 1.54) is 29.5 Å². The van der Waals surface area contributed by atoms with Crippen LogP contribution in [0, 0.1) is 12.8 Å². The number of nitrogens with one attached hydrogen (secondary N) is 1. The summed E-state index contributed by atoms with van der Waals surface area (Å²) in [5.74, 6) is 4.31. The normalized spacial score (nSPS) is 22.1. The Morgan fingerprint density at radius 1 is 1.62 bits per heavy atom. The molecular weight excluding hydrogens is 202 g/mol. The minimum Gasteiger partial charge on any atom is -0.360 e. The molecule has 0 aromatic carbocycles. The molecule has 13 heavy (non-hydrogen) atoms. The Kier molecular flexibility index (Phi) is 3.05. The number of thioether (sulfide) groups is 1. The molecule has 0 saturated carbocycles. The van der Waals surface area contributed by atoms with Gasteiger partial charge in [-0.1, -0.05) is 0 Å². The second-order valence-corrected chi connectivity index (χ2v) is 5.16. The summed E-state index contributed by atoms with van der Waals surface area (Å²) < 4.78 is 4.12. The molecule has 1 unspecified atom stereocenters. The van der Waals surface area contributed by atoms with Gasteiger partial charge in [-0.25, -0.2) is 4.98 Å². The number of nitrogens with zero attached hydrogens (tertiary/aromatic N) is 2. The molecule has 3 nitrogen and oxygen atoms in total. The fourth-order valence-electron chi connectivity index (χ4n) is 1.34. The summed E-state index contributed by atoms with van der Waals surface area (Å²) in [5.41, 5.74) is 0. The quantitative estimate of drug-likeness (QED) is 0.837. The third-order valence-electron chi connectivity index (χ3n) is 2.09. The number of rotatable bonds is 3. The molecule has 0 aliphatic carbocycles. The molecular formula is C8H13N3S2. The van der Waals surface area contributed by atoms with Crippen molar-refractivity contribution in [2.45, 2.75) is 13.3 Å². The van der Waals surface area contributed by atoms with Gasteiger partial charge < -0.3 is 5.32 Å². The van der Waals surface area contributed by atoms with Crippen LogP contribution in [-0.4, -0.2) is 27.4 Å². The van der Waals surface area contributed by atoms with Crippen LogP contribution >= 0.6 is 23.3 Å². The van der Waals surface area contributed by atoms with Crippen LogP contribution in [0.15, 0.2) is 0 Å². The lowest BCUT2D eigenvalue weighted by atomic mass is 10.1. The highest BCUT2D eigenvalue weighted by atomic mass is 32.2. The van der Waals surface area contributed by atoms with Crippen molar-refractivity contribution < 1.29 is 0 Å². The van der Waals surface area contributed by atoms with E-state index in [2.05, 4.69) is 14.7 Å². The van der Waals surface area contributed by atoms with Crippen LogP contribution in [0.1, 0.15) is 12.2 Å². The highest BCUT2D eigenvalue weighted by molar-refractivity contribution is 7.99. The molecule has 1 aliphatic rings. The maximum atomic E-state index is 4.26. The van der Waals surface area contributed by atoms with Crippen LogP contribution in [0.25, 0.3) is 0 Å². The van der Waals surface area contributed by atoms with Crippen LogP contribution in [0.5, 0.6) is 0 Å². The second-order valence-electron chi connectivity index (χ2n) is 3.26. The van der Waals surface area contributed by atoms with Crippen molar-refractivity contribution in [1.82, 2.24) is 9.36 Å². The first-order chi connectivity index (χ1) is 6.34. The van der Waals surface area contributed by atoms with Gasteiger partial charge in [0.1, 0.15) is 5.82 Å². The van der Waals surface area contributed by atoms with Gasteiger partial charge in [-0.2, -0.15) is 16.1 Å². The van der Waals surface area contributed by atoms with E-state index in [4.69, 9.17) is 0 Å². The van der Waals surface area contributed by atoms with Gasteiger partial charge in [0.15, 0.2) is 0 Å². The molecule has 1 aromatic heterocycles. The van der Waals surface area contributed by atoms with E-state index in [-0.39, 0.29) is 0 Å². The topological polar surface area (TPSA) is 37.8 Å². The summed E-state index contributed by atoms with van der Waals surface area (Å²) in [5, 5.41) is 4.31. The van der Waals surface area contributed by atoms with E-state index in [1.54, 1.807) is 0 Å². The van der Waals surface area contributed by atoms with Crippen molar-refractivity contribution in [1.29, 1.82) is 0 Å². The van der Waals surface area contributed by atoms with Crippen molar-refractivity contribution >= 4 is 28.4 Å². The zero-order valence-electron chi connectivity index (χ0n) is 7.62. The fraction of sp³-hybridized carbons (Fsp3) is 0.750. The molecule has 0 amide bonds. The monoisotopic (exact) mass is 215 g/mol. The van der Waals surface area contributed by atoms with Crippen molar-refractivity contribution in [2.75, 3.05) is 23.4 Å². The number of hydrogen-bond acceptors (Lipinski definition) is 5. The lowest BCUT2D eigenvalue weighted by Crippen LogP contribution is -2.13. The van der Waals surface area contributed by atoms with E-state index >= 15 is 0 Å². The Labute approximate surface area is 86.5 Å². The van der Waals surface area contributed by atoms with Gasteiger partial charge in [0.2, 0.25) is 5.13 Å². The Bertz CT molecular complexity index is 268. The summed E-state index contributed by atoms with van der Waals surface area (Å²) in [6.45, 7) is 2.98. The predicted molar refractivity (Wildman–Crippen MR) is 58.6 cm³/mol. The van der Waals surface area contributed by atoms with Gasteiger partial charge in [-0.15, -0.1) is 0 Å². The molecule has 2 rings (SSSR count). The number of hydrogen-bond donors (Lipinski definition) is 1. The minimum absolute atomic E-state index is 0.828. The average molecular weight is 215 g/mol. The number of anilines is 1. The largest absolute Gasteiger partial charge is 0.360 e. The molecule has 2 heterocycles. The molecule has 1 fully saturated rings. The maximum absolute atomic E-state index is 4.26. The Morgan fingerprint density at radius 3 is 3.15 bits per heavy atom. The minimum atomic E-state index is 0.828. The number of aromatic nitrogens is 2.